The molecule has 0 spiro atoms. The van der Waals surface area contributed by atoms with Gasteiger partial charge in [-0.3, -0.25) is 4.98 Å². The second kappa shape index (κ2) is 5.65. The van der Waals surface area contributed by atoms with Gasteiger partial charge >= 0.3 is 0 Å². The number of nitrogens with zero attached hydrogens (tertiary/aromatic N) is 3. The zero-order valence-corrected chi connectivity index (χ0v) is 11.7. The number of aromatic nitrogens is 3. The summed E-state index contributed by atoms with van der Waals surface area (Å²) in [5.74, 6) is 1.49. The van der Waals surface area contributed by atoms with Crippen molar-refractivity contribution in [2.24, 2.45) is 0 Å². The van der Waals surface area contributed by atoms with E-state index in [4.69, 9.17) is 4.74 Å². The van der Waals surface area contributed by atoms with Crippen LogP contribution in [0.15, 0.2) is 18.5 Å². The highest BCUT2D eigenvalue weighted by Crippen LogP contribution is 2.27. The van der Waals surface area contributed by atoms with Gasteiger partial charge in [-0.25, -0.2) is 9.97 Å². The number of pyridine rings is 1. The van der Waals surface area contributed by atoms with Gasteiger partial charge in [0.2, 0.25) is 0 Å². The van der Waals surface area contributed by atoms with Crippen LogP contribution in [0.25, 0.3) is 11.3 Å². The van der Waals surface area contributed by atoms with Crippen molar-refractivity contribution in [2.45, 2.75) is 20.8 Å². The van der Waals surface area contributed by atoms with Crippen LogP contribution in [0.1, 0.15) is 18.3 Å². The van der Waals surface area contributed by atoms with Crippen molar-refractivity contribution in [2.75, 3.05) is 19.0 Å². The van der Waals surface area contributed by atoms with Gasteiger partial charge in [0.15, 0.2) is 5.82 Å². The molecule has 19 heavy (non-hydrogen) atoms. The largest absolute Gasteiger partial charge is 0.492 e. The van der Waals surface area contributed by atoms with E-state index in [-0.39, 0.29) is 0 Å². The maximum atomic E-state index is 5.46. The Morgan fingerprint density at radius 2 is 1.89 bits per heavy atom. The van der Waals surface area contributed by atoms with Crippen LogP contribution in [0, 0.1) is 13.8 Å². The molecule has 0 radical (unpaired) electrons. The standard InChI is InChI=1S/C14H18N4O/c1-5-19-12-6-11(7-16-8-12)13-14(15-4)18-10(3)9(2)17-13/h6-8H,5H2,1-4H3,(H,15,18). The van der Waals surface area contributed by atoms with E-state index in [9.17, 15) is 0 Å². The van der Waals surface area contributed by atoms with Crippen LogP contribution < -0.4 is 10.1 Å². The zero-order valence-electron chi connectivity index (χ0n) is 11.7. The van der Waals surface area contributed by atoms with Gasteiger partial charge in [0, 0.05) is 18.8 Å². The van der Waals surface area contributed by atoms with Gasteiger partial charge in [-0.15, -0.1) is 0 Å². The normalized spacial score (nSPS) is 10.3. The highest BCUT2D eigenvalue weighted by molar-refractivity contribution is 5.71. The molecule has 0 atom stereocenters. The summed E-state index contributed by atoms with van der Waals surface area (Å²) in [5, 5.41) is 3.07. The second-order valence-electron chi connectivity index (χ2n) is 4.18. The van der Waals surface area contributed by atoms with Crippen LogP contribution in [0.5, 0.6) is 5.75 Å². The molecule has 0 aliphatic rings. The Kier molecular flexibility index (Phi) is 3.94. The van der Waals surface area contributed by atoms with Crippen LogP contribution >= 0.6 is 0 Å². The fourth-order valence-electron chi connectivity index (χ4n) is 1.77. The van der Waals surface area contributed by atoms with E-state index in [1.54, 1.807) is 12.4 Å². The summed E-state index contributed by atoms with van der Waals surface area (Å²) in [6.45, 7) is 6.46. The predicted octanol–water partition coefficient (Wildman–Crippen LogP) is 2.60. The van der Waals surface area contributed by atoms with Crippen LogP contribution in [-0.4, -0.2) is 28.6 Å². The first-order chi connectivity index (χ1) is 9.15. The second-order valence-corrected chi connectivity index (χ2v) is 4.18. The predicted molar refractivity (Wildman–Crippen MR) is 75.5 cm³/mol. The highest BCUT2D eigenvalue weighted by atomic mass is 16.5. The topological polar surface area (TPSA) is 59.9 Å². The summed E-state index contributed by atoms with van der Waals surface area (Å²) in [4.78, 5) is 13.3. The Morgan fingerprint density at radius 1 is 1.16 bits per heavy atom. The summed E-state index contributed by atoms with van der Waals surface area (Å²) in [7, 11) is 1.84. The number of aryl methyl sites for hydroxylation is 2. The SMILES string of the molecule is CCOc1cncc(-c2nc(C)c(C)nc2NC)c1. The quantitative estimate of drug-likeness (QED) is 0.913. The maximum absolute atomic E-state index is 5.46. The molecule has 0 aromatic carbocycles. The summed E-state index contributed by atoms with van der Waals surface area (Å²) in [6, 6.07) is 1.93. The van der Waals surface area contributed by atoms with Crippen molar-refractivity contribution in [3.63, 3.8) is 0 Å². The van der Waals surface area contributed by atoms with Crippen LogP contribution in [-0.2, 0) is 0 Å². The fourth-order valence-corrected chi connectivity index (χ4v) is 1.77. The van der Waals surface area contributed by atoms with Crippen LogP contribution in [0.4, 0.5) is 5.82 Å². The van der Waals surface area contributed by atoms with Crippen molar-refractivity contribution in [1.82, 2.24) is 15.0 Å². The lowest BCUT2D eigenvalue weighted by atomic mass is 10.2. The minimum Gasteiger partial charge on any atom is -0.492 e. The first kappa shape index (κ1) is 13.3. The third-order valence-corrected chi connectivity index (χ3v) is 2.84. The lowest BCUT2D eigenvalue weighted by Gasteiger charge is -2.11. The van der Waals surface area contributed by atoms with Gasteiger partial charge in [0.05, 0.1) is 24.2 Å². The van der Waals surface area contributed by atoms with E-state index >= 15 is 0 Å². The molecular weight excluding hydrogens is 240 g/mol. The number of rotatable bonds is 4. The lowest BCUT2D eigenvalue weighted by molar-refractivity contribution is 0.339. The smallest absolute Gasteiger partial charge is 0.152 e. The molecule has 2 aromatic heterocycles. The highest BCUT2D eigenvalue weighted by Gasteiger charge is 2.11. The molecule has 1 N–H and O–H groups in total. The molecule has 2 aromatic rings. The average molecular weight is 258 g/mol. The van der Waals surface area contributed by atoms with Crippen molar-refractivity contribution < 1.29 is 4.74 Å². The summed E-state index contributed by atoms with van der Waals surface area (Å²) >= 11 is 0. The summed E-state index contributed by atoms with van der Waals surface area (Å²) < 4.78 is 5.46. The van der Waals surface area contributed by atoms with Crippen LogP contribution in [0.2, 0.25) is 0 Å². The van der Waals surface area contributed by atoms with Crippen molar-refractivity contribution >= 4 is 5.82 Å². The molecule has 0 aliphatic heterocycles. The molecule has 0 saturated heterocycles. The number of anilines is 1. The van der Waals surface area contributed by atoms with E-state index in [0.29, 0.717) is 6.61 Å². The van der Waals surface area contributed by atoms with Gasteiger partial charge in [-0.05, 0) is 26.8 Å². The Balaban J connectivity index is 2.51. The minimum atomic E-state index is 0.614. The monoisotopic (exact) mass is 258 g/mol. The molecule has 0 fully saturated rings. The molecule has 0 unspecified atom stereocenters. The van der Waals surface area contributed by atoms with Crippen LogP contribution in [0.3, 0.4) is 0 Å². The molecule has 0 saturated carbocycles. The van der Waals surface area contributed by atoms with Gasteiger partial charge in [0.25, 0.3) is 0 Å². The van der Waals surface area contributed by atoms with E-state index in [0.717, 1.165) is 34.2 Å². The van der Waals surface area contributed by atoms with E-state index in [1.165, 1.54) is 0 Å². The number of nitrogens with one attached hydrogen (secondary N) is 1. The van der Waals surface area contributed by atoms with E-state index in [1.807, 2.05) is 33.9 Å². The molecule has 0 aliphatic carbocycles. The Labute approximate surface area is 113 Å². The third-order valence-electron chi connectivity index (χ3n) is 2.84. The van der Waals surface area contributed by atoms with Crippen molar-refractivity contribution in [3.8, 4) is 17.0 Å². The molecule has 2 rings (SSSR count). The molecule has 5 heteroatoms. The first-order valence-electron chi connectivity index (χ1n) is 6.27. The van der Waals surface area contributed by atoms with E-state index < -0.39 is 0 Å². The van der Waals surface area contributed by atoms with Crippen molar-refractivity contribution in [3.05, 3.63) is 29.8 Å². The Morgan fingerprint density at radius 3 is 2.58 bits per heavy atom. The molecule has 0 bridgehead atoms. The molecule has 100 valence electrons. The third kappa shape index (κ3) is 2.81. The first-order valence-corrected chi connectivity index (χ1v) is 6.27. The lowest BCUT2D eigenvalue weighted by Crippen LogP contribution is -2.03. The number of ether oxygens (including phenoxy) is 1. The van der Waals surface area contributed by atoms with Gasteiger partial charge in [-0.2, -0.15) is 0 Å². The van der Waals surface area contributed by atoms with E-state index in [2.05, 4.69) is 20.3 Å². The average Bonchev–Trinajstić information content (AvgIpc) is 2.42. The number of hydrogen-bond donors (Lipinski definition) is 1. The Bertz CT molecular complexity index is 584. The molecule has 5 nitrogen and oxygen atoms in total. The fraction of sp³-hybridized carbons (Fsp3) is 0.357. The van der Waals surface area contributed by atoms with Gasteiger partial charge in [-0.1, -0.05) is 0 Å². The van der Waals surface area contributed by atoms with Gasteiger partial charge < -0.3 is 10.1 Å². The Hall–Kier alpha value is -2.17. The summed E-state index contributed by atoms with van der Waals surface area (Å²) in [5.41, 5.74) is 3.52. The maximum Gasteiger partial charge on any atom is 0.152 e. The summed E-state index contributed by atoms with van der Waals surface area (Å²) in [6.07, 6.45) is 3.46. The van der Waals surface area contributed by atoms with Crippen molar-refractivity contribution in [1.29, 1.82) is 0 Å². The molecular formula is C14H18N4O. The minimum absolute atomic E-state index is 0.614. The molecule has 2 heterocycles. The molecule has 0 amide bonds. The number of hydrogen-bond acceptors (Lipinski definition) is 5. The van der Waals surface area contributed by atoms with Gasteiger partial charge in [0.1, 0.15) is 11.4 Å². The zero-order chi connectivity index (χ0) is 13.8.